The number of carbonyl (C=O) groups is 1. The van der Waals surface area contributed by atoms with Crippen molar-refractivity contribution in [3.05, 3.63) is 28.6 Å². The molecule has 0 amide bonds. The van der Waals surface area contributed by atoms with Crippen LogP contribution in [0.15, 0.2) is 6.20 Å². The number of ether oxygens (including phenoxy) is 1. The summed E-state index contributed by atoms with van der Waals surface area (Å²) in [4.78, 5) is 15.0. The van der Waals surface area contributed by atoms with Crippen molar-refractivity contribution >= 4 is 17.6 Å². The summed E-state index contributed by atoms with van der Waals surface area (Å²) in [6.07, 6.45) is -1.55. The lowest BCUT2D eigenvalue weighted by Gasteiger charge is -2.11. The molecule has 0 aromatic carbocycles. The molecule has 0 aliphatic heterocycles. The number of methoxy groups -OCH3 is 1. The van der Waals surface area contributed by atoms with Crippen molar-refractivity contribution in [1.82, 2.24) is 4.98 Å². The minimum atomic E-state index is -2.73. The fourth-order valence-corrected chi connectivity index (χ4v) is 1.59. The van der Waals surface area contributed by atoms with E-state index in [4.69, 9.17) is 11.6 Å². The van der Waals surface area contributed by atoms with E-state index < -0.39 is 18.1 Å². The van der Waals surface area contributed by atoms with Gasteiger partial charge >= 0.3 is 5.97 Å². The van der Waals surface area contributed by atoms with Gasteiger partial charge in [-0.1, -0.05) is 0 Å². The van der Waals surface area contributed by atoms with E-state index in [1.165, 1.54) is 20.2 Å². The van der Waals surface area contributed by atoms with Crippen molar-refractivity contribution in [2.75, 3.05) is 7.11 Å². The molecule has 0 radical (unpaired) electrons. The van der Waals surface area contributed by atoms with Gasteiger partial charge in [-0.05, 0) is 12.5 Å². The molecule has 3 nitrogen and oxygen atoms in total. The Hall–Kier alpha value is -1.23. The number of pyridine rings is 1. The molecule has 0 unspecified atom stereocenters. The number of nitrogens with zero attached hydrogens (tertiary/aromatic N) is 1. The lowest BCUT2D eigenvalue weighted by Crippen LogP contribution is -2.11. The Morgan fingerprint density at radius 1 is 1.62 bits per heavy atom. The first kappa shape index (κ1) is 12.8. The third kappa shape index (κ3) is 2.29. The Bertz CT molecular complexity index is 410. The first-order valence-corrected chi connectivity index (χ1v) is 4.97. The van der Waals surface area contributed by atoms with E-state index >= 15 is 0 Å². The van der Waals surface area contributed by atoms with Gasteiger partial charge < -0.3 is 4.74 Å². The maximum absolute atomic E-state index is 12.6. The highest BCUT2D eigenvalue weighted by Gasteiger charge is 2.22. The highest BCUT2D eigenvalue weighted by atomic mass is 35.5. The molecule has 0 atom stereocenters. The van der Waals surface area contributed by atoms with Gasteiger partial charge in [0.15, 0.2) is 0 Å². The van der Waals surface area contributed by atoms with Gasteiger partial charge in [-0.25, -0.2) is 13.6 Å². The van der Waals surface area contributed by atoms with Crippen molar-refractivity contribution in [2.24, 2.45) is 0 Å². The quantitative estimate of drug-likeness (QED) is 0.611. The van der Waals surface area contributed by atoms with Crippen LogP contribution in [0.25, 0.3) is 0 Å². The van der Waals surface area contributed by atoms with E-state index in [0.29, 0.717) is 5.56 Å². The molecule has 0 aliphatic rings. The Kier molecular flexibility index (Phi) is 4.18. The molecule has 16 heavy (non-hydrogen) atoms. The molecular formula is C10H10ClF2NO2. The van der Waals surface area contributed by atoms with Crippen LogP contribution in [-0.4, -0.2) is 18.1 Å². The van der Waals surface area contributed by atoms with Gasteiger partial charge in [0.2, 0.25) is 0 Å². The fourth-order valence-electron chi connectivity index (χ4n) is 1.39. The number of esters is 1. The first-order valence-electron chi connectivity index (χ1n) is 4.43. The maximum Gasteiger partial charge on any atom is 0.338 e. The minimum absolute atomic E-state index is 0.0157. The van der Waals surface area contributed by atoms with Gasteiger partial charge in [0.05, 0.1) is 12.7 Å². The van der Waals surface area contributed by atoms with Crippen LogP contribution >= 0.6 is 11.6 Å². The molecule has 0 N–H and O–H groups in total. The normalized spacial score (nSPS) is 10.6. The summed E-state index contributed by atoms with van der Waals surface area (Å²) in [5, 5.41) is 0. The number of halogens is 3. The molecule has 0 fully saturated rings. The number of carbonyl (C=O) groups excluding carboxylic acids is 1. The molecule has 1 aromatic heterocycles. The average molecular weight is 250 g/mol. The lowest BCUT2D eigenvalue weighted by atomic mass is 10.0. The van der Waals surface area contributed by atoms with Crippen LogP contribution < -0.4 is 0 Å². The zero-order valence-corrected chi connectivity index (χ0v) is 9.52. The number of hydrogen-bond donors (Lipinski definition) is 0. The molecule has 0 saturated carbocycles. The molecule has 0 saturated heterocycles. The number of alkyl halides is 3. The fraction of sp³-hybridized carbons (Fsp3) is 0.400. The zero-order valence-electron chi connectivity index (χ0n) is 8.76. The summed E-state index contributed by atoms with van der Waals surface area (Å²) in [6, 6.07) is 0. The molecule has 0 aliphatic carbocycles. The van der Waals surface area contributed by atoms with E-state index in [1.807, 2.05) is 0 Å². The highest BCUT2D eigenvalue weighted by Crippen LogP contribution is 2.26. The van der Waals surface area contributed by atoms with Crippen molar-refractivity contribution in [2.45, 2.75) is 19.2 Å². The van der Waals surface area contributed by atoms with Gasteiger partial charge in [0.25, 0.3) is 6.43 Å². The topological polar surface area (TPSA) is 39.2 Å². The number of rotatable bonds is 3. The van der Waals surface area contributed by atoms with E-state index in [9.17, 15) is 13.6 Å². The molecule has 1 heterocycles. The monoisotopic (exact) mass is 249 g/mol. The third-order valence-electron chi connectivity index (χ3n) is 2.18. The first-order chi connectivity index (χ1) is 7.52. The molecular weight excluding hydrogens is 240 g/mol. The standard InChI is InChI=1S/C10H10ClF2NO2/c1-5-7(10(15)16-2)6(3-11)4-14-8(5)9(12)13/h4,9H,3H2,1-2H3. The summed E-state index contributed by atoms with van der Waals surface area (Å²) >= 11 is 5.60. The van der Waals surface area contributed by atoms with E-state index in [0.717, 1.165) is 0 Å². The smallest absolute Gasteiger partial charge is 0.338 e. The van der Waals surface area contributed by atoms with Crippen LogP contribution in [0.2, 0.25) is 0 Å². The Balaban J connectivity index is 3.40. The lowest BCUT2D eigenvalue weighted by molar-refractivity contribution is 0.0598. The Labute approximate surface area is 96.4 Å². The molecule has 1 aromatic rings. The SMILES string of the molecule is COC(=O)c1c(CCl)cnc(C(F)F)c1C. The predicted molar refractivity (Wildman–Crippen MR) is 54.8 cm³/mol. The highest BCUT2D eigenvalue weighted by molar-refractivity contribution is 6.17. The summed E-state index contributed by atoms with van der Waals surface area (Å²) in [5.41, 5.74) is 0.146. The van der Waals surface area contributed by atoms with E-state index in [1.54, 1.807) is 0 Å². The Morgan fingerprint density at radius 2 is 2.25 bits per heavy atom. The van der Waals surface area contributed by atoms with E-state index in [-0.39, 0.29) is 17.0 Å². The summed E-state index contributed by atoms with van der Waals surface area (Å²) in [5.74, 6) is -0.667. The van der Waals surface area contributed by atoms with Gasteiger partial charge in [0.1, 0.15) is 5.69 Å². The van der Waals surface area contributed by atoms with Gasteiger partial charge in [-0.2, -0.15) is 0 Å². The van der Waals surface area contributed by atoms with Crippen LogP contribution in [0.3, 0.4) is 0 Å². The van der Waals surface area contributed by atoms with E-state index in [2.05, 4.69) is 9.72 Å². The zero-order chi connectivity index (χ0) is 12.3. The minimum Gasteiger partial charge on any atom is -0.465 e. The molecule has 6 heteroatoms. The summed E-state index contributed by atoms with van der Waals surface area (Å²) in [6.45, 7) is 1.40. The summed E-state index contributed by atoms with van der Waals surface area (Å²) in [7, 11) is 1.18. The van der Waals surface area contributed by atoms with Crippen LogP contribution in [0.1, 0.15) is 33.6 Å². The molecule has 88 valence electrons. The van der Waals surface area contributed by atoms with Gasteiger partial charge in [-0.3, -0.25) is 4.98 Å². The van der Waals surface area contributed by atoms with Crippen molar-refractivity contribution in [1.29, 1.82) is 0 Å². The van der Waals surface area contributed by atoms with Crippen LogP contribution in [0.4, 0.5) is 8.78 Å². The summed E-state index contributed by atoms with van der Waals surface area (Å²) < 4.78 is 29.7. The molecule has 0 spiro atoms. The second kappa shape index (κ2) is 5.21. The second-order valence-electron chi connectivity index (χ2n) is 3.09. The van der Waals surface area contributed by atoms with Crippen molar-refractivity contribution < 1.29 is 18.3 Å². The predicted octanol–water partition coefficient (Wildman–Crippen LogP) is 2.85. The van der Waals surface area contributed by atoms with Crippen molar-refractivity contribution in [3.63, 3.8) is 0 Å². The third-order valence-corrected chi connectivity index (χ3v) is 2.47. The number of hydrogen-bond acceptors (Lipinski definition) is 3. The Morgan fingerprint density at radius 3 is 2.69 bits per heavy atom. The molecule has 0 bridgehead atoms. The largest absolute Gasteiger partial charge is 0.465 e. The van der Waals surface area contributed by atoms with Gasteiger partial charge in [0, 0.05) is 17.6 Å². The number of aromatic nitrogens is 1. The van der Waals surface area contributed by atoms with Crippen LogP contribution in [0, 0.1) is 6.92 Å². The van der Waals surface area contributed by atoms with Crippen molar-refractivity contribution in [3.8, 4) is 0 Å². The second-order valence-corrected chi connectivity index (χ2v) is 3.36. The maximum atomic E-state index is 12.6. The van der Waals surface area contributed by atoms with Crippen LogP contribution in [-0.2, 0) is 10.6 Å². The average Bonchev–Trinajstić information content (AvgIpc) is 2.26. The molecule has 1 rings (SSSR count). The van der Waals surface area contributed by atoms with Crippen LogP contribution in [0.5, 0.6) is 0 Å². The van der Waals surface area contributed by atoms with Gasteiger partial charge in [-0.15, -0.1) is 11.6 Å².